The third-order valence-electron chi connectivity index (χ3n) is 4.13. The second kappa shape index (κ2) is 7.11. The third-order valence-corrected chi connectivity index (χ3v) is 4.69. The fourth-order valence-corrected chi connectivity index (χ4v) is 3.22. The van der Waals surface area contributed by atoms with Crippen molar-refractivity contribution in [1.29, 1.82) is 0 Å². The van der Waals surface area contributed by atoms with Gasteiger partial charge < -0.3 is 9.88 Å². The molecule has 1 aromatic heterocycles. The van der Waals surface area contributed by atoms with Crippen molar-refractivity contribution in [3.63, 3.8) is 0 Å². The SMILES string of the molecule is O=c1ccccn1CCNCC1(CCl)CCCCC1. The predicted molar refractivity (Wildman–Crippen MR) is 79.8 cm³/mol. The summed E-state index contributed by atoms with van der Waals surface area (Å²) in [7, 11) is 0. The van der Waals surface area contributed by atoms with Gasteiger partial charge in [0.1, 0.15) is 0 Å². The molecule has 106 valence electrons. The Hall–Kier alpha value is -0.800. The van der Waals surface area contributed by atoms with E-state index in [0.717, 1.165) is 25.5 Å². The lowest BCUT2D eigenvalue weighted by atomic mass is 9.75. The molecule has 1 aliphatic rings. The van der Waals surface area contributed by atoms with Gasteiger partial charge in [0.05, 0.1) is 0 Å². The molecule has 0 aromatic carbocycles. The number of aromatic nitrogens is 1. The molecule has 1 heterocycles. The number of hydrogen-bond donors (Lipinski definition) is 1. The van der Waals surface area contributed by atoms with Gasteiger partial charge in [0.25, 0.3) is 5.56 Å². The number of hydrogen-bond acceptors (Lipinski definition) is 2. The highest BCUT2D eigenvalue weighted by Gasteiger charge is 2.30. The Morgan fingerprint density at radius 2 is 2.05 bits per heavy atom. The molecule has 0 bridgehead atoms. The van der Waals surface area contributed by atoms with Crippen LogP contribution in [0.15, 0.2) is 29.2 Å². The first-order valence-electron chi connectivity index (χ1n) is 7.18. The Labute approximate surface area is 120 Å². The van der Waals surface area contributed by atoms with Crippen LogP contribution in [0.4, 0.5) is 0 Å². The summed E-state index contributed by atoms with van der Waals surface area (Å²) >= 11 is 6.16. The average molecular weight is 283 g/mol. The first-order chi connectivity index (χ1) is 9.26. The van der Waals surface area contributed by atoms with Gasteiger partial charge in [-0.1, -0.05) is 25.3 Å². The number of alkyl halides is 1. The molecule has 0 aliphatic heterocycles. The Morgan fingerprint density at radius 3 is 2.74 bits per heavy atom. The maximum absolute atomic E-state index is 11.5. The highest BCUT2D eigenvalue weighted by atomic mass is 35.5. The molecule has 3 nitrogen and oxygen atoms in total. The molecule has 2 rings (SSSR count). The van der Waals surface area contributed by atoms with Crippen molar-refractivity contribution in [2.75, 3.05) is 19.0 Å². The van der Waals surface area contributed by atoms with Gasteiger partial charge in [-0.15, -0.1) is 11.6 Å². The lowest BCUT2D eigenvalue weighted by Crippen LogP contribution is -2.39. The maximum atomic E-state index is 11.5. The highest BCUT2D eigenvalue weighted by molar-refractivity contribution is 6.18. The minimum absolute atomic E-state index is 0.0639. The maximum Gasteiger partial charge on any atom is 0.250 e. The fraction of sp³-hybridized carbons (Fsp3) is 0.667. The molecule has 1 aliphatic carbocycles. The molecule has 0 saturated heterocycles. The second-order valence-electron chi connectivity index (χ2n) is 5.60. The molecule has 0 radical (unpaired) electrons. The summed E-state index contributed by atoms with van der Waals surface area (Å²) in [5, 5.41) is 3.48. The third kappa shape index (κ3) is 4.08. The molecule has 4 heteroatoms. The van der Waals surface area contributed by atoms with Gasteiger partial charge in [0.15, 0.2) is 0 Å². The van der Waals surface area contributed by atoms with Crippen LogP contribution in [0.5, 0.6) is 0 Å². The zero-order chi connectivity index (χ0) is 13.6. The molecule has 1 aromatic rings. The Kier molecular flexibility index (Phi) is 5.46. The molecular formula is C15H23ClN2O. The Balaban J connectivity index is 1.77. The molecule has 0 spiro atoms. The molecule has 0 unspecified atom stereocenters. The van der Waals surface area contributed by atoms with Crippen LogP contribution in [0.1, 0.15) is 32.1 Å². The van der Waals surface area contributed by atoms with Crippen molar-refractivity contribution < 1.29 is 0 Å². The molecule has 0 amide bonds. The van der Waals surface area contributed by atoms with E-state index in [0.29, 0.717) is 0 Å². The van der Waals surface area contributed by atoms with Gasteiger partial charge in [-0.3, -0.25) is 4.79 Å². The molecular weight excluding hydrogens is 260 g/mol. The first kappa shape index (κ1) is 14.6. The van der Waals surface area contributed by atoms with Crippen molar-refractivity contribution in [3.8, 4) is 0 Å². The lowest BCUT2D eigenvalue weighted by Gasteiger charge is -2.35. The van der Waals surface area contributed by atoms with Gasteiger partial charge in [-0.2, -0.15) is 0 Å². The number of nitrogens with zero attached hydrogens (tertiary/aromatic N) is 1. The summed E-state index contributed by atoms with van der Waals surface area (Å²) in [5.41, 5.74) is 0.343. The van der Waals surface area contributed by atoms with E-state index in [1.54, 1.807) is 16.7 Å². The standard InChI is InChI=1S/C15H23ClN2O/c16-12-15(7-3-1-4-8-15)13-17-9-11-18-10-5-2-6-14(18)19/h2,5-6,10,17H,1,3-4,7-9,11-13H2. The summed E-state index contributed by atoms with van der Waals surface area (Å²) in [5.74, 6) is 0.741. The van der Waals surface area contributed by atoms with Crippen molar-refractivity contribution >= 4 is 11.6 Å². The van der Waals surface area contributed by atoms with Crippen molar-refractivity contribution in [1.82, 2.24) is 9.88 Å². The van der Waals surface area contributed by atoms with Gasteiger partial charge >= 0.3 is 0 Å². The van der Waals surface area contributed by atoms with Crippen LogP contribution in [0.3, 0.4) is 0 Å². The van der Waals surface area contributed by atoms with E-state index in [4.69, 9.17) is 11.6 Å². The van der Waals surface area contributed by atoms with E-state index < -0.39 is 0 Å². The minimum atomic E-state index is 0.0639. The lowest BCUT2D eigenvalue weighted by molar-refractivity contribution is 0.212. The highest BCUT2D eigenvalue weighted by Crippen LogP contribution is 2.36. The second-order valence-corrected chi connectivity index (χ2v) is 5.87. The number of halogens is 1. The molecule has 1 saturated carbocycles. The molecule has 1 fully saturated rings. The number of rotatable bonds is 6. The summed E-state index contributed by atoms with van der Waals surface area (Å²) in [6.45, 7) is 2.51. The van der Waals surface area contributed by atoms with Gasteiger partial charge in [0, 0.05) is 37.8 Å². The van der Waals surface area contributed by atoms with Crippen LogP contribution in [-0.4, -0.2) is 23.5 Å². The van der Waals surface area contributed by atoms with Gasteiger partial charge in [0.2, 0.25) is 0 Å². The Morgan fingerprint density at radius 1 is 1.26 bits per heavy atom. The van der Waals surface area contributed by atoms with Crippen molar-refractivity contribution in [2.24, 2.45) is 5.41 Å². The number of pyridine rings is 1. The van der Waals surface area contributed by atoms with E-state index >= 15 is 0 Å². The summed E-state index contributed by atoms with van der Waals surface area (Å²) < 4.78 is 1.74. The van der Waals surface area contributed by atoms with Crippen LogP contribution in [-0.2, 0) is 6.54 Å². The first-order valence-corrected chi connectivity index (χ1v) is 7.71. The minimum Gasteiger partial charge on any atom is -0.314 e. The fourth-order valence-electron chi connectivity index (χ4n) is 2.86. The monoisotopic (exact) mass is 282 g/mol. The van der Waals surface area contributed by atoms with Gasteiger partial charge in [-0.05, 0) is 24.3 Å². The average Bonchev–Trinajstić information content (AvgIpc) is 2.46. The normalized spacial score (nSPS) is 18.4. The van der Waals surface area contributed by atoms with Crippen LogP contribution < -0.4 is 10.9 Å². The molecule has 19 heavy (non-hydrogen) atoms. The smallest absolute Gasteiger partial charge is 0.250 e. The molecule has 0 atom stereocenters. The zero-order valence-corrected chi connectivity index (χ0v) is 12.2. The zero-order valence-electron chi connectivity index (χ0n) is 11.4. The summed E-state index contributed by atoms with van der Waals surface area (Å²) in [6, 6.07) is 5.26. The quantitative estimate of drug-likeness (QED) is 0.643. The summed E-state index contributed by atoms with van der Waals surface area (Å²) in [4.78, 5) is 11.5. The van der Waals surface area contributed by atoms with E-state index in [1.165, 1.54) is 32.1 Å². The van der Waals surface area contributed by atoms with E-state index in [-0.39, 0.29) is 11.0 Å². The van der Waals surface area contributed by atoms with Crippen LogP contribution in [0.2, 0.25) is 0 Å². The molecule has 1 N–H and O–H groups in total. The van der Waals surface area contributed by atoms with Crippen LogP contribution in [0.25, 0.3) is 0 Å². The van der Waals surface area contributed by atoms with Crippen LogP contribution in [0, 0.1) is 5.41 Å². The van der Waals surface area contributed by atoms with E-state index in [2.05, 4.69) is 5.32 Å². The van der Waals surface area contributed by atoms with Crippen molar-refractivity contribution in [3.05, 3.63) is 34.7 Å². The van der Waals surface area contributed by atoms with E-state index in [1.807, 2.05) is 12.3 Å². The number of nitrogens with one attached hydrogen (secondary N) is 1. The van der Waals surface area contributed by atoms with Crippen molar-refractivity contribution in [2.45, 2.75) is 38.6 Å². The largest absolute Gasteiger partial charge is 0.314 e. The summed E-state index contributed by atoms with van der Waals surface area (Å²) in [6.07, 6.45) is 8.24. The topological polar surface area (TPSA) is 34.0 Å². The Bertz CT molecular complexity index is 438. The van der Waals surface area contributed by atoms with Crippen LogP contribution >= 0.6 is 11.6 Å². The predicted octanol–water partition coefficient (Wildman–Crippen LogP) is 2.63. The van der Waals surface area contributed by atoms with Gasteiger partial charge in [-0.25, -0.2) is 0 Å². The van der Waals surface area contributed by atoms with E-state index in [9.17, 15) is 4.79 Å².